The first-order chi connectivity index (χ1) is 12.8. The number of allylic oxidation sites excluding steroid dienone is 1. The molecule has 2 aliphatic rings. The number of rotatable bonds is 5. The van der Waals surface area contributed by atoms with Gasteiger partial charge in [0.15, 0.2) is 5.17 Å². The number of esters is 1. The van der Waals surface area contributed by atoms with Gasteiger partial charge < -0.3 is 4.74 Å². The Labute approximate surface area is 168 Å². The first kappa shape index (κ1) is 20.0. The third kappa shape index (κ3) is 3.92. The average molecular weight is 407 g/mol. The quantitative estimate of drug-likeness (QED) is 0.671. The van der Waals surface area contributed by atoms with Crippen LogP contribution in [0.25, 0.3) is 0 Å². The number of fused-ring (bicyclic) bond motifs is 1. The van der Waals surface area contributed by atoms with E-state index in [4.69, 9.17) is 16.3 Å². The number of carbonyl (C=O) groups is 2. The van der Waals surface area contributed by atoms with Gasteiger partial charge in [-0.3, -0.25) is 9.69 Å². The van der Waals surface area contributed by atoms with Gasteiger partial charge in [-0.1, -0.05) is 56.3 Å². The van der Waals surface area contributed by atoms with Crippen LogP contribution in [0.15, 0.2) is 40.5 Å². The van der Waals surface area contributed by atoms with Crippen LogP contribution >= 0.6 is 23.4 Å². The Morgan fingerprint density at radius 1 is 1.41 bits per heavy atom. The Bertz CT molecular complexity index is 834. The van der Waals surface area contributed by atoms with Crippen molar-refractivity contribution >= 4 is 40.4 Å². The van der Waals surface area contributed by atoms with Crippen molar-refractivity contribution in [1.29, 1.82) is 0 Å². The zero-order valence-corrected chi connectivity index (χ0v) is 17.4. The average Bonchev–Trinajstić information content (AvgIpc) is 2.93. The van der Waals surface area contributed by atoms with E-state index in [2.05, 4.69) is 4.99 Å². The van der Waals surface area contributed by atoms with E-state index < -0.39 is 12.0 Å². The van der Waals surface area contributed by atoms with Crippen molar-refractivity contribution in [2.75, 3.05) is 6.61 Å². The predicted molar refractivity (Wildman–Crippen MR) is 109 cm³/mol. The van der Waals surface area contributed by atoms with Gasteiger partial charge in [0.05, 0.1) is 29.2 Å². The number of hydrogen-bond acceptors (Lipinski definition) is 5. The molecule has 0 radical (unpaired) electrons. The normalized spacial score (nSPS) is 22.2. The molecule has 1 aromatic carbocycles. The lowest BCUT2D eigenvalue weighted by molar-refractivity contribution is -0.141. The first-order valence-corrected chi connectivity index (χ1v) is 10.3. The SMILES string of the molecule is CC[C@@H]1SC2=NC(C)=C(C(=O)OCC(C)C)[C@@H](c3cccc(Cl)c3)N2C1=O. The lowest BCUT2D eigenvalue weighted by atomic mass is 9.94. The summed E-state index contributed by atoms with van der Waals surface area (Å²) in [7, 11) is 0. The van der Waals surface area contributed by atoms with E-state index in [1.807, 2.05) is 32.9 Å². The third-order valence-corrected chi connectivity index (χ3v) is 6.01. The van der Waals surface area contributed by atoms with Crippen LogP contribution in [0, 0.1) is 5.92 Å². The summed E-state index contributed by atoms with van der Waals surface area (Å²) in [5.74, 6) is -0.254. The summed E-state index contributed by atoms with van der Waals surface area (Å²) in [6.07, 6.45) is 0.702. The van der Waals surface area contributed by atoms with Gasteiger partial charge in [-0.15, -0.1) is 0 Å². The summed E-state index contributed by atoms with van der Waals surface area (Å²) in [6.45, 7) is 8.03. The van der Waals surface area contributed by atoms with Gasteiger partial charge in [0, 0.05) is 5.02 Å². The maximum atomic E-state index is 13.0. The number of thioether (sulfide) groups is 1. The zero-order chi connectivity index (χ0) is 19.7. The molecule has 0 bridgehead atoms. The van der Waals surface area contributed by atoms with E-state index in [0.717, 1.165) is 5.56 Å². The summed E-state index contributed by atoms with van der Waals surface area (Å²) < 4.78 is 5.49. The molecule has 1 amide bonds. The maximum Gasteiger partial charge on any atom is 0.338 e. The summed E-state index contributed by atoms with van der Waals surface area (Å²) in [5, 5.41) is 0.995. The largest absolute Gasteiger partial charge is 0.462 e. The highest BCUT2D eigenvalue weighted by Gasteiger charge is 2.47. The first-order valence-electron chi connectivity index (χ1n) is 9.05. The smallest absolute Gasteiger partial charge is 0.338 e. The molecule has 0 unspecified atom stereocenters. The Balaban J connectivity index is 2.08. The van der Waals surface area contributed by atoms with E-state index in [1.54, 1.807) is 24.0 Å². The van der Waals surface area contributed by atoms with Crippen molar-refractivity contribution in [3.8, 4) is 0 Å². The molecule has 7 heteroatoms. The molecule has 0 aromatic heterocycles. The lowest BCUT2D eigenvalue weighted by Crippen LogP contribution is -2.41. The molecule has 2 heterocycles. The number of benzene rings is 1. The second kappa shape index (κ2) is 8.07. The van der Waals surface area contributed by atoms with Gasteiger partial charge >= 0.3 is 5.97 Å². The highest BCUT2D eigenvalue weighted by molar-refractivity contribution is 8.15. The Morgan fingerprint density at radius 2 is 2.15 bits per heavy atom. The molecular weight excluding hydrogens is 384 g/mol. The van der Waals surface area contributed by atoms with E-state index in [9.17, 15) is 9.59 Å². The van der Waals surface area contributed by atoms with E-state index in [1.165, 1.54) is 11.8 Å². The second-order valence-corrected chi connectivity index (χ2v) is 8.67. The lowest BCUT2D eigenvalue weighted by Gasteiger charge is -2.33. The number of nitrogens with zero attached hydrogens (tertiary/aromatic N) is 2. The highest BCUT2D eigenvalue weighted by atomic mass is 35.5. The van der Waals surface area contributed by atoms with Crippen LogP contribution < -0.4 is 0 Å². The molecule has 1 aromatic rings. The molecule has 2 aliphatic heterocycles. The fraction of sp³-hybridized carbons (Fsp3) is 0.450. The van der Waals surface area contributed by atoms with E-state index in [0.29, 0.717) is 34.5 Å². The van der Waals surface area contributed by atoms with E-state index in [-0.39, 0.29) is 17.1 Å². The molecule has 1 saturated heterocycles. The molecule has 0 N–H and O–H groups in total. The number of aliphatic imine (C=N–C) groups is 1. The minimum atomic E-state index is -0.576. The molecule has 1 fully saturated rings. The van der Waals surface area contributed by atoms with Gasteiger partial charge in [0.25, 0.3) is 0 Å². The number of hydrogen-bond donors (Lipinski definition) is 0. The number of ether oxygens (including phenoxy) is 1. The fourth-order valence-corrected chi connectivity index (χ4v) is 4.50. The van der Waals surface area contributed by atoms with Crippen molar-refractivity contribution in [2.24, 2.45) is 10.9 Å². The van der Waals surface area contributed by atoms with Crippen LogP contribution in [0.1, 0.15) is 45.7 Å². The van der Waals surface area contributed by atoms with Gasteiger partial charge in [0.2, 0.25) is 5.91 Å². The Morgan fingerprint density at radius 3 is 2.78 bits per heavy atom. The van der Waals surface area contributed by atoms with Crippen LogP contribution in [0.2, 0.25) is 5.02 Å². The summed E-state index contributed by atoms with van der Waals surface area (Å²) in [6, 6.07) is 6.67. The monoisotopic (exact) mass is 406 g/mol. The molecule has 2 atom stereocenters. The maximum absolute atomic E-state index is 13.0. The van der Waals surface area contributed by atoms with E-state index >= 15 is 0 Å². The number of amidine groups is 1. The number of amides is 1. The number of halogens is 1. The van der Waals surface area contributed by atoms with Crippen LogP contribution in [0.5, 0.6) is 0 Å². The molecular formula is C20H23ClN2O3S. The van der Waals surface area contributed by atoms with Crippen molar-refractivity contribution in [1.82, 2.24) is 4.90 Å². The molecule has 3 rings (SSSR count). The molecule has 0 aliphatic carbocycles. The molecule has 0 spiro atoms. The van der Waals surface area contributed by atoms with Gasteiger partial charge in [-0.2, -0.15) is 0 Å². The fourth-order valence-electron chi connectivity index (χ4n) is 3.16. The highest BCUT2D eigenvalue weighted by Crippen LogP contribution is 2.44. The van der Waals surface area contributed by atoms with Crippen LogP contribution in [0.4, 0.5) is 0 Å². The Kier molecular flexibility index (Phi) is 5.96. The van der Waals surface area contributed by atoms with Crippen LogP contribution in [-0.4, -0.2) is 33.8 Å². The van der Waals surface area contributed by atoms with Crippen molar-refractivity contribution < 1.29 is 14.3 Å². The topological polar surface area (TPSA) is 59.0 Å². The van der Waals surface area contributed by atoms with Crippen molar-refractivity contribution in [3.05, 3.63) is 46.1 Å². The molecule has 144 valence electrons. The van der Waals surface area contributed by atoms with Gasteiger partial charge in [0.1, 0.15) is 0 Å². The second-order valence-electron chi connectivity index (χ2n) is 7.07. The third-order valence-electron chi connectivity index (χ3n) is 4.45. The number of carbonyl (C=O) groups excluding carboxylic acids is 2. The van der Waals surface area contributed by atoms with Gasteiger partial charge in [-0.05, 0) is 37.0 Å². The molecule has 27 heavy (non-hydrogen) atoms. The standard InChI is InChI=1S/C20H23ClN2O3S/c1-5-15-18(24)23-17(13-7-6-8-14(21)9-13)16(12(4)22-20(23)27-15)19(25)26-10-11(2)3/h6-9,11,15,17H,5,10H2,1-4H3/t15-,17+/m0/s1. The Hall–Kier alpha value is -1.79. The summed E-state index contributed by atoms with van der Waals surface area (Å²) in [4.78, 5) is 32.1. The molecule has 5 nitrogen and oxygen atoms in total. The minimum absolute atomic E-state index is 0.0344. The van der Waals surface area contributed by atoms with Crippen molar-refractivity contribution in [2.45, 2.75) is 45.4 Å². The summed E-state index contributed by atoms with van der Waals surface area (Å²) in [5.41, 5.74) is 1.75. The van der Waals surface area contributed by atoms with Crippen molar-refractivity contribution in [3.63, 3.8) is 0 Å². The van der Waals surface area contributed by atoms with Crippen LogP contribution in [0.3, 0.4) is 0 Å². The van der Waals surface area contributed by atoms with Gasteiger partial charge in [-0.25, -0.2) is 9.79 Å². The minimum Gasteiger partial charge on any atom is -0.462 e. The summed E-state index contributed by atoms with van der Waals surface area (Å²) >= 11 is 7.64. The molecule has 0 saturated carbocycles. The van der Waals surface area contributed by atoms with Crippen LogP contribution in [-0.2, 0) is 14.3 Å². The zero-order valence-electron chi connectivity index (χ0n) is 15.9. The predicted octanol–water partition coefficient (Wildman–Crippen LogP) is 4.58.